The summed E-state index contributed by atoms with van der Waals surface area (Å²) in [4.78, 5) is 11.3. The zero-order chi connectivity index (χ0) is 13.5. The van der Waals surface area contributed by atoms with Crippen LogP contribution in [0.15, 0.2) is 23.3 Å². The van der Waals surface area contributed by atoms with Crippen LogP contribution in [0.2, 0.25) is 25.7 Å². The molecule has 3 heteroatoms. The summed E-state index contributed by atoms with van der Waals surface area (Å²) in [6.45, 7) is 11.2. The molecule has 17 heavy (non-hydrogen) atoms. The minimum absolute atomic E-state index is 0.226. The van der Waals surface area contributed by atoms with Gasteiger partial charge >= 0.3 is 5.97 Å². The smallest absolute Gasteiger partial charge is 0.330 e. The molecule has 0 unspecified atom stereocenters. The second kappa shape index (κ2) is 7.48. The van der Waals surface area contributed by atoms with E-state index in [1.165, 1.54) is 18.3 Å². The molecular weight excluding hydrogens is 228 g/mol. The molecule has 0 N–H and O–H groups in total. The average Bonchev–Trinajstić information content (AvgIpc) is 2.14. The number of carbonyl (C=O) groups excluding carboxylic acids is 1. The van der Waals surface area contributed by atoms with Gasteiger partial charge in [0.15, 0.2) is 0 Å². The van der Waals surface area contributed by atoms with E-state index in [0.29, 0.717) is 0 Å². The molecule has 0 bridgehead atoms. The van der Waals surface area contributed by atoms with Gasteiger partial charge in [-0.1, -0.05) is 36.9 Å². The normalized spacial score (nSPS) is 12.2. The molecule has 0 amide bonds. The first-order chi connectivity index (χ1) is 7.74. The standard InChI is InChI=1S/C14H26O2Si/c1-12(2)8-7-9-13(10-14(15)16-3)11-17(4,5)6/h8,10H,7,9,11H2,1-6H3. The van der Waals surface area contributed by atoms with E-state index in [4.69, 9.17) is 4.74 Å². The fraction of sp³-hybridized carbons (Fsp3) is 0.643. The summed E-state index contributed by atoms with van der Waals surface area (Å²) < 4.78 is 4.71. The number of hydrogen-bond acceptors (Lipinski definition) is 2. The van der Waals surface area contributed by atoms with Crippen LogP contribution < -0.4 is 0 Å². The second-order valence-electron chi connectivity index (χ2n) is 5.88. The molecule has 0 saturated heterocycles. The Kier molecular flexibility index (Phi) is 7.12. The molecule has 0 aliphatic carbocycles. The molecule has 0 aliphatic heterocycles. The Labute approximate surface area is 107 Å². The molecule has 0 radical (unpaired) electrons. The number of ether oxygens (including phenoxy) is 1. The molecule has 0 aromatic heterocycles. The van der Waals surface area contributed by atoms with Crippen LogP contribution >= 0.6 is 0 Å². The van der Waals surface area contributed by atoms with E-state index < -0.39 is 8.07 Å². The Balaban J connectivity index is 4.57. The van der Waals surface area contributed by atoms with Gasteiger partial charge in [-0.15, -0.1) is 0 Å². The van der Waals surface area contributed by atoms with Gasteiger partial charge in [0.1, 0.15) is 0 Å². The summed E-state index contributed by atoms with van der Waals surface area (Å²) in [6, 6.07) is 1.07. The van der Waals surface area contributed by atoms with Crippen molar-refractivity contribution in [1.29, 1.82) is 0 Å². The van der Waals surface area contributed by atoms with Gasteiger partial charge in [-0.2, -0.15) is 0 Å². The fourth-order valence-corrected chi connectivity index (χ4v) is 3.31. The highest BCUT2D eigenvalue weighted by Crippen LogP contribution is 2.21. The van der Waals surface area contributed by atoms with Crippen molar-refractivity contribution < 1.29 is 9.53 Å². The molecule has 0 saturated carbocycles. The SMILES string of the molecule is COC(=O)C=C(CCC=C(C)C)C[Si](C)(C)C. The van der Waals surface area contributed by atoms with Crippen molar-refractivity contribution in [2.24, 2.45) is 0 Å². The number of rotatable bonds is 6. The van der Waals surface area contributed by atoms with Gasteiger partial charge in [-0.05, 0) is 32.7 Å². The first kappa shape index (κ1) is 16.2. The van der Waals surface area contributed by atoms with Gasteiger partial charge in [0.05, 0.1) is 7.11 Å². The number of hydrogen-bond donors (Lipinski definition) is 0. The third kappa shape index (κ3) is 10.1. The van der Waals surface area contributed by atoms with E-state index in [2.05, 4.69) is 39.6 Å². The average molecular weight is 254 g/mol. The van der Waals surface area contributed by atoms with Crippen molar-refractivity contribution in [2.45, 2.75) is 52.4 Å². The molecule has 0 fully saturated rings. The molecule has 0 rings (SSSR count). The van der Waals surface area contributed by atoms with Crippen molar-refractivity contribution in [3.8, 4) is 0 Å². The Hall–Kier alpha value is -0.833. The van der Waals surface area contributed by atoms with E-state index >= 15 is 0 Å². The van der Waals surface area contributed by atoms with E-state index in [0.717, 1.165) is 18.9 Å². The summed E-state index contributed by atoms with van der Waals surface area (Å²) in [5.74, 6) is -0.226. The second-order valence-corrected chi connectivity index (χ2v) is 11.4. The van der Waals surface area contributed by atoms with Gasteiger partial charge < -0.3 is 4.74 Å². The number of methoxy groups -OCH3 is 1. The van der Waals surface area contributed by atoms with Crippen molar-refractivity contribution >= 4 is 14.0 Å². The van der Waals surface area contributed by atoms with Crippen molar-refractivity contribution in [3.05, 3.63) is 23.3 Å². The lowest BCUT2D eigenvalue weighted by molar-refractivity contribution is -0.134. The van der Waals surface area contributed by atoms with Crippen LogP contribution in [0, 0.1) is 0 Å². The topological polar surface area (TPSA) is 26.3 Å². The first-order valence-corrected chi connectivity index (χ1v) is 9.86. The van der Waals surface area contributed by atoms with E-state index in [9.17, 15) is 4.79 Å². The molecule has 0 aromatic carbocycles. The Morgan fingerprint density at radius 3 is 2.24 bits per heavy atom. The maximum atomic E-state index is 11.3. The summed E-state index contributed by atoms with van der Waals surface area (Å²) >= 11 is 0. The molecule has 0 aliphatic rings. The molecule has 0 atom stereocenters. The van der Waals surface area contributed by atoms with Crippen LogP contribution in [-0.4, -0.2) is 21.2 Å². The van der Waals surface area contributed by atoms with Crippen LogP contribution in [0.4, 0.5) is 0 Å². The lowest BCUT2D eigenvalue weighted by Crippen LogP contribution is -2.20. The molecule has 0 heterocycles. The molecule has 0 aromatic rings. The van der Waals surface area contributed by atoms with Gasteiger partial charge in [0.25, 0.3) is 0 Å². The minimum atomic E-state index is -1.17. The molecule has 2 nitrogen and oxygen atoms in total. The highest BCUT2D eigenvalue weighted by molar-refractivity contribution is 6.76. The van der Waals surface area contributed by atoms with Crippen LogP contribution in [-0.2, 0) is 9.53 Å². The van der Waals surface area contributed by atoms with Crippen LogP contribution in [0.5, 0.6) is 0 Å². The predicted molar refractivity (Wildman–Crippen MR) is 76.9 cm³/mol. The molecule has 0 spiro atoms. The molecule has 98 valence electrons. The summed E-state index contributed by atoms with van der Waals surface area (Å²) in [5.41, 5.74) is 2.56. The maximum Gasteiger partial charge on any atom is 0.330 e. The Bertz CT molecular complexity index is 305. The largest absolute Gasteiger partial charge is 0.466 e. The lowest BCUT2D eigenvalue weighted by Gasteiger charge is -2.18. The van der Waals surface area contributed by atoms with E-state index in [1.54, 1.807) is 6.08 Å². The van der Waals surface area contributed by atoms with Crippen molar-refractivity contribution in [1.82, 2.24) is 0 Å². The van der Waals surface area contributed by atoms with E-state index in [1.807, 2.05) is 0 Å². The number of allylic oxidation sites excluding steroid dienone is 3. The monoisotopic (exact) mass is 254 g/mol. The fourth-order valence-electron chi connectivity index (χ4n) is 1.66. The van der Waals surface area contributed by atoms with Crippen LogP contribution in [0.1, 0.15) is 26.7 Å². The highest BCUT2D eigenvalue weighted by Gasteiger charge is 2.16. The number of carbonyl (C=O) groups is 1. The highest BCUT2D eigenvalue weighted by atomic mass is 28.3. The third-order valence-electron chi connectivity index (χ3n) is 2.30. The third-order valence-corrected chi connectivity index (χ3v) is 3.81. The Morgan fingerprint density at radius 1 is 1.24 bits per heavy atom. The zero-order valence-electron chi connectivity index (χ0n) is 12.1. The van der Waals surface area contributed by atoms with Gasteiger partial charge in [-0.25, -0.2) is 4.79 Å². The van der Waals surface area contributed by atoms with Gasteiger partial charge in [0, 0.05) is 14.1 Å². The molecular formula is C14H26O2Si. The zero-order valence-corrected chi connectivity index (χ0v) is 13.1. The van der Waals surface area contributed by atoms with Gasteiger partial charge in [-0.3, -0.25) is 0 Å². The maximum absolute atomic E-state index is 11.3. The van der Waals surface area contributed by atoms with Crippen LogP contribution in [0.25, 0.3) is 0 Å². The van der Waals surface area contributed by atoms with E-state index in [-0.39, 0.29) is 5.97 Å². The lowest BCUT2D eigenvalue weighted by atomic mass is 10.1. The number of esters is 1. The van der Waals surface area contributed by atoms with Gasteiger partial charge in [0.2, 0.25) is 0 Å². The summed E-state index contributed by atoms with van der Waals surface area (Å²) in [7, 11) is 0.258. The van der Waals surface area contributed by atoms with Crippen molar-refractivity contribution in [2.75, 3.05) is 7.11 Å². The minimum Gasteiger partial charge on any atom is -0.466 e. The predicted octanol–water partition coefficient (Wildman–Crippen LogP) is 4.17. The summed E-state index contributed by atoms with van der Waals surface area (Å²) in [6.07, 6.45) is 5.87. The van der Waals surface area contributed by atoms with Crippen LogP contribution in [0.3, 0.4) is 0 Å². The van der Waals surface area contributed by atoms with Crippen molar-refractivity contribution in [3.63, 3.8) is 0 Å². The quantitative estimate of drug-likeness (QED) is 0.308. The first-order valence-electron chi connectivity index (χ1n) is 6.15. The summed E-state index contributed by atoms with van der Waals surface area (Å²) in [5, 5.41) is 0. The Morgan fingerprint density at radius 2 is 1.82 bits per heavy atom.